The minimum atomic E-state index is 0.0457. The van der Waals surface area contributed by atoms with Gasteiger partial charge >= 0.3 is 0 Å². The minimum absolute atomic E-state index is 0.0457. The lowest BCUT2D eigenvalue weighted by Crippen LogP contribution is -2.37. The van der Waals surface area contributed by atoms with Gasteiger partial charge in [0.15, 0.2) is 0 Å². The largest absolute Gasteiger partial charge is 0.376 e. The van der Waals surface area contributed by atoms with Crippen LogP contribution < -0.4 is 0 Å². The second-order valence-corrected chi connectivity index (χ2v) is 6.83. The molecule has 1 fully saturated rings. The average molecular weight is 340 g/mol. The average Bonchev–Trinajstić information content (AvgIpc) is 3.31. The van der Waals surface area contributed by atoms with Crippen molar-refractivity contribution in [2.75, 3.05) is 13.2 Å². The summed E-state index contributed by atoms with van der Waals surface area (Å²) in [7, 11) is 0. The van der Waals surface area contributed by atoms with Crippen molar-refractivity contribution in [1.29, 1.82) is 0 Å². The van der Waals surface area contributed by atoms with Crippen molar-refractivity contribution in [2.45, 2.75) is 51.3 Å². The summed E-state index contributed by atoms with van der Waals surface area (Å²) in [5.74, 6) is 0.0457. The molecule has 2 aromatic rings. The van der Waals surface area contributed by atoms with Gasteiger partial charge in [-0.2, -0.15) is 5.10 Å². The van der Waals surface area contributed by atoms with E-state index in [0.717, 1.165) is 62.2 Å². The molecule has 4 rings (SSSR count). The zero-order valence-electron chi connectivity index (χ0n) is 14.4. The lowest BCUT2D eigenvalue weighted by atomic mass is 10.1. The Morgan fingerprint density at radius 3 is 3.08 bits per heavy atom. The summed E-state index contributed by atoms with van der Waals surface area (Å²) < 4.78 is 7.75. The number of amides is 1. The van der Waals surface area contributed by atoms with Gasteiger partial charge in [-0.25, -0.2) is 0 Å². The van der Waals surface area contributed by atoms with Gasteiger partial charge in [0.05, 0.1) is 35.8 Å². The molecule has 0 spiro atoms. The first kappa shape index (κ1) is 16.3. The predicted octanol–water partition coefficient (Wildman–Crippen LogP) is 2.44. The van der Waals surface area contributed by atoms with Crippen LogP contribution in [0, 0.1) is 0 Å². The Morgan fingerprint density at radius 1 is 1.32 bits per heavy atom. The van der Waals surface area contributed by atoms with Gasteiger partial charge in [-0.1, -0.05) is 6.07 Å². The third kappa shape index (κ3) is 3.58. The van der Waals surface area contributed by atoms with Crippen molar-refractivity contribution in [3.63, 3.8) is 0 Å². The van der Waals surface area contributed by atoms with Crippen LogP contribution in [-0.2, 0) is 24.2 Å². The van der Waals surface area contributed by atoms with Gasteiger partial charge in [-0.05, 0) is 44.2 Å². The Kier molecular flexibility index (Phi) is 4.78. The van der Waals surface area contributed by atoms with Crippen LogP contribution in [0.2, 0.25) is 0 Å². The maximum Gasteiger partial charge on any atom is 0.257 e. The Hall–Kier alpha value is -2.21. The molecule has 25 heavy (non-hydrogen) atoms. The van der Waals surface area contributed by atoms with E-state index in [4.69, 9.17) is 4.74 Å². The van der Waals surface area contributed by atoms with Crippen LogP contribution in [0.25, 0.3) is 0 Å². The molecule has 6 nitrogen and oxygen atoms in total. The first-order chi connectivity index (χ1) is 12.3. The SMILES string of the molecule is O=C(c1cnn2c1CCCC2)N(Cc1ccccn1)C[C@@H]1CCCO1. The number of rotatable bonds is 5. The second-order valence-electron chi connectivity index (χ2n) is 6.83. The molecule has 0 saturated carbocycles. The Balaban J connectivity index is 1.57. The summed E-state index contributed by atoms with van der Waals surface area (Å²) in [4.78, 5) is 19.5. The Morgan fingerprint density at radius 2 is 2.28 bits per heavy atom. The van der Waals surface area contributed by atoms with E-state index in [1.165, 1.54) is 0 Å². The molecule has 132 valence electrons. The standard InChI is InChI=1S/C19H24N4O2/c24-19(17-12-21-23-10-4-2-8-18(17)23)22(14-16-7-5-11-25-16)13-15-6-1-3-9-20-15/h1,3,6,9,12,16H,2,4-5,7-8,10-11,13-14H2/t16-/m0/s1. The zero-order chi connectivity index (χ0) is 17.1. The first-order valence-corrected chi connectivity index (χ1v) is 9.17. The number of fused-ring (bicyclic) bond motifs is 1. The summed E-state index contributed by atoms with van der Waals surface area (Å²) in [6.45, 7) is 2.82. The summed E-state index contributed by atoms with van der Waals surface area (Å²) in [6, 6.07) is 5.81. The van der Waals surface area contributed by atoms with E-state index in [-0.39, 0.29) is 12.0 Å². The van der Waals surface area contributed by atoms with E-state index in [0.29, 0.717) is 13.1 Å². The predicted molar refractivity (Wildman–Crippen MR) is 93.1 cm³/mol. The number of aromatic nitrogens is 3. The Bertz CT molecular complexity index is 722. The summed E-state index contributed by atoms with van der Waals surface area (Å²) in [6.07, 6.45) is 8.90. The molecule has 1 amide bonds. The Labute approximate surface area is 147 Å². The van der Waals surface area contributed by atoms with Gasteiger partial charge in [-0.15, -0.1) is 0 Å². The molecule has 0 bridgehead atoms. The summed E-state index contributed by atoms with van der Waals surface area (Å²) in [5, 5.41) is 4.42. The van der Waals surface area contributed by atoms with Gasteiger partial charge < -0.3 is 9.64 Å². The molecule has 0 unspecified atom stereocenters. The molecule has 2 aliphatic heterocycles. The van der Waals surface area contributed by atoms with Crippen molar-refractivity contribution >= 4 is 5.91 Å². The number of ether oxygens (including phenoxy) is 1. The van der Waals surface area contributed by atoms with Crippen LogP contribution in [0.1, 0.15) is 47.4 Å². The third-order valence-electron chi connectivity index (χ3n) is 5.03. The molecule has 0 aromatic carbocycles. The van der Waals surface area contributed by atoms with Gasteiger partial charge in [0.25, 0.3) is 5.91 Å². The van der Waals surface area contributed by atoms with Crippen molar-refractivity contribution in [2.24, 2.45) is 0 Å². The van der Waals surface area contributed by atoms with Crippen LogP contribution in [0.3, 0.4) is 0 Å². The highest BCUT2D eigenvalue weighted by Crippen LogP contribution is 2.22. The van der Waals surface area contributed by atoms with Gasteiger partial charge in [0.1, 0.15) is 0 Å². The summed E-state index contributed by atoms with van der Waals surface area (Å²) >= 11 is 0. The molecule has 0 aliphatic carbocycles. The van der Waals surface area contributed by atoms with E-state index in [1.54, 1.807) is 12.4 Å². The molecular formula is C19H24N4O2. The zero-order valence-corrected chi connectivity index (χ0v) is 14.4. The van der Waals surface area contributed by atoms with E-state index >= 15 is 0 Å². The topological polar surface area (TPSA) is 60.2 Å². The number of pyridine rings is 1. The quantitative estimate of drug-likeness (QED) is 0.839. The van der Waals surface area contributed by atoms with Crippen LogP contribution >= 0.6 is 0 Å². The molecule has 4 heterocycles. The van der Waals surface area contributed by atoms with Gasteiger partial charge in [0, 0.05) is 25.9 Å². The molecule has 0 radical (unpaired) electrons. The number of carbonyl (C=O) groups excluding carboxylic acids is 1. The fraction of sp³-hybridized carbons (Fsp3) is 0.526. The third-order valence-corrected chi connectivity index (χ3v) is 5.03. The fourth-order valence-corrected chi connectivity index (χ4v) is 3.71. The molecule has 1 saturated heterocycles. The molecule has 6 heteroatoms. The van der Waals surface area contributed by atoms with Crippen molar-refractivity contribution in [3.8, 4) is 0 Å². The number of hydrogen-bond acceptors (Lipinski definition) is 4. The van der Waals surface area contributed by atoms with Crippen molar-refractivity contribution in [1.82, 2.24) is 19.7 Å². The van der Waals surface area contributed by atoms with Crippen LogP contribution in [0.4, 0.5) is 0 Å². The maximum absolute atomic E-state index is 13.3. The van der Waals surface area contributed by atoms with Crippen molar-refractivity contribution < 1.29 is 9.53 Å². The number of nitrogens with zero attached hydrogens (tertiary/aromatic N) is 4. The van der Waals surface area contributed by atoms with Crippen LogP contribution in [0.15, 0.2) is 30.6 Å². The lowest BCUT2D eigenvalue weighted by molar-refractivity contribution is 0.0503. The van der Waals surface area contributed by atoms with Gasteiger partial charge in [-0.3, -0.25) is 14.5 Å². The highest BCUT2D eigenvalue weighted by atomic mass is 16.5. The number of hydrogen-bond donors (Lipinski definition) is 0. The molecular weight excluding hydrogens is 316 g/mol. The van der Waals surface area contributed by atoms with E-state index in [2.05, 4.69) is 10.1 Å². The van der Waals surface area contributed by atoms with Crippen LogP contribution in [-0.4, -0.2) is 44.8 Å². The number of carbonyl (C=O) groups is 1. The minimum Gasteiger partial charge on any atom is -0.376 e. The molecule has 2 aliphatic rings. The first-order valence-electron chi connectivity index (χ1n) is 9.17. The second kappa shape index (κ2) is 7.35. The van der Waals surface area contributed by atoms with E-state index in [9.17, 15) is 4.79 Å². The smallest absolute Gasteiger partial charge is 0.257 e. The van der Waals surface area contributed by atoms with E-state index in [1.807, 2.05) is 27.8 Å². The highest BCUT2D eigenvalue weighted by Gasteiger charge is 2.27. The lowest BCUT2D eigenvalue weighted by Gasteiger charge is -2.26. The van der Waals surface area contributed by atoms with Crippen LogP contribution in [0.5, 0.6) is 0 Å². The molecule has 2 aromatic heterocycles. The van der Waals surface area contributed by atoms with E-state index < -0.39 is 0 Å². The maximum atomic E-state index is 13.3. The monoisotopic (exact) mass is 340 g/mol. The molecule has 1 atom stereocenters. The van der Waals surface area contributed by atoms with Crippen molar-refractivity contribution in [3.05, 3.63) is 47.5 Å². The normalized spacial score (nSPS) is 19.6. The molecule has 0 N–H and O–H groups in total. The fourth-order valence-electron chi connectivity index (χ4n) is 3.71. The van der Waals surface area contributed by atoms with Gasteiger partial charge in [0.2, 0.25) is 0 Å². The highest BCUT2D eigenvalue weighted by molar-refractivity contribution is 5.95. The number of aryl methyl sites for hydroxylation is 1. The summed E-state index contributed by atoms with van der Waals surface area (Å²) in [5.41, 5.74) is 2.72.